The van der Waals surface area contributed by atoms with E-state index in [1.807, 2.05) is 18.2 Å². The Morgan fingerprint density at radius 2 is 2.00 bits per heavy atom. The molecular formula is C19H19BFN3O3. The lowest BCUT2D eigenvalue weighted by Gasteiger charge is -2.17. The van der Waals surface area contributed by atoms with Gasteiger partial charge in [0.25, 0.3) is 0 Å². The summed E-state index contributed by atoms with van der Waals surface area (Å²) >= 11 is 0. The van der Waals surface area contributed by atoms with Crippen molar-refractivity contribution in [2.45, 2.75) is 12.2 Å². The van der Waals surface area contributed by atoms with Crippen molar-refractivity contribution in [3.63, 3.8) is 0 Å². The Morgan fingerprint density at radius 1 is 1.19 bits per heavy atom. The smallest absolute Gasteiger partial charge is 0.427 e. The molecular weight excluding hydrogens is 348 g/mol. The number of halogens is 1. The molecule has 0 radical (unpaired) electrons. The number of nitrogens with one attached hydrogen (secondary N) is 1. The van der Waals surface area contributed by atoms with E-state index in [1.165, 1.54) is 18.2 Å². The predicted octanol–water partition coefficient (Wildman–Crippen LogP) is 1.61. The number of nitrogens with two attached hydrogens (primary N) is 1. The van der Waals surface area contributed by atoms with Gasteiger partial charge in [0, 0.05) is 36.3 Å². The predicted molar refractivity (Wildman–Crippen MR) is 102 cm³/mol. The van der Waals surface area contributed by atoms with Gasteiger partial charge in [0.2, 0.25) is 5.91 Å². The molecule has 1 aromatic heterocycles. The van der Waals surface area contributed by atoms with E-state index in [0.29, 0.717) is 11.3 Å². The fourth-order valence-electron chi connectivity index (χ4n) is 2.95. The zero-order valence-electron chi connectivity index (χ0n) is 14.5. The number of benzene rings is 2. The number of pyridine rings is 1. The van der Waals surface area contributed by atoms with Gasteiger partial charge in [-0.2, -0.15) is 0 Å². The van der Waals surface area contributed by atoms with E-state index in [-0.39, 0.29) is 24.3 Å². The lowest BCUT2D eigenvalue weighted by molar-refractivity contribution is -0.117. The van der Waals surface area contributed by atoms with E-state index in [0.717, 1.165) is 10.8 Å². The molecule has 3 aromatic rings. The zero-order valence-corrected chi connectivity index (χ0v) is 14.5. The molecule has 1 atom stereocenters. The summed E-state index contributed by atoms with van der Waals surface area (Å²) in [5, 5.41) is 22.9. The van der Waals surface area contributed by atoms with Gasteiger partial charge in [-0.05, 0) is 40.8 Å². The van der Waals surface area contributed by atoms with Crippen molar-refractivity contribution < 1.29 is 19.2 Å². The summed E-state index contributed by atoms with van der Waals surface area (Å²) in [6, 6.07) is 11.4. The Hall–Kier alpha value is -2.81. The van der Waals surface area contributed by atoms with Crippen LogP contribution in [0, 0.1) is 5.82 Å². The van der Waals surface area contributed by atoms with Crippen LogP contribution in [-0.2, 0) is 11.1 Å². The minimum atomic E-state index is -1.67. The summed E-state index contributed by atoms with van der Waals surface area (Å²) in [5.41, 5.74) is 7.02. The van der Waals surface area contributed by atoms with Crippen LogP contribution in [0.25, 0.3) is 10.8 Å². The SMILES string of the molecule is NCC(C(=O)Nc1ccc2cnccc2c1)c1ccc(F)c(CB(O)O)c1. The van der Waals surface area contributed by atoms with E-state index in [4.69, 9.17) is 15.8 Å². The molecule has 3 rings (SSSR count). The average molecular weight is 367 g/mol. The van der Waals surface area contributed by atoms with Gasteiger partial charge in [-0.25, -0.2) is 4.39 Å². The normalized spacial score (nSPS) is 12.0. The monoisotopic (exact) mass is 367 g/mol. The van der Waals surface area contributed by atoms with Crippen LogP contribution < -0.4 is 11.1 Å². The Labute approximate surface area is 156 Å². The van der Waals surface area contributed by atoms with Gasteiger partial charge in [0.05, 0.1) is 5.92 Å². The number of carbonyl (C=O) groups excluding carboxylic acids is 1. The highest BCUT2D eigenvalue weighted by Crippen LogP contribution is 2.23. The molecule has 6 nitrogen and oxygen atoms in total. The largest absolute Gasteiger partial charge is 0.456 e. The van der Waals surface area contributed by atoms with Crippen molar-refractivity contribution in [2.75, 3.05) is 11.9 Å². The van der Waals surface area contributed by atoms with Gasteiger partial charge >= 0.3 is 7.12 Å². The topological polar surface area (TPSA) is 108 Å². The molecule has 0 fully saturated rings. The van der Waals surface area contributed by atoms with Crippen molar-refractivity contribution >= 4 is 29.5 Å². The molecule has 1 heterocycles. The Bertz CT molecular complexity index is 968. The summed E-state index contributed by atoms with van der Waals surface area (Å²) in [6.45, 7) is 0.0239. The Morgan fingerprint density at radius 3 is 2.74 bits per heavy atom. The Balaban J connectivity index is 1.83. The molecule has 0 spiro atoms. The van der Waals surface area contributed by atoms with Gasteiger partial charge in [0.1, 0.15) is 5.82 Å². The molecule has 2 aromatic carbocycles. The van der Waals surface area contributed by atoms with Crippen molar-refractivity contribution in [1.82, 2.24) is 4.98 Å². The summed E-state index contributed by atoms with van der Waals surface area (Å²) in [7, 11) is -1.67. The van der Waals surface area contributed by atoms with Crippen LogP contribution in [0.1, 0.15) is 17.0 Å². The molecule has 0 saturated carbocycles. The maximum Gasteiger partial charge on any atom is 0.456 e. The van der Waals surface area contributed by atoms with Crippen LogP contribution in [0.5, 0.6) is 0 Å². The summed E-state index contributed by atoms with van der Waals surface area (Å²) < 4.78 is 13.8. The fraction of sp³-hybridized carbons (Fsp3) is 0.158. The highest BCUT2D eigenvalue weighted by molar-refractivity contribution is 6.40. The molecule has 1 unspecified atom stereocenters. The highest BCUT2D eigenvalue weighted by Gasteiger charge is 2.22. The molecule has 0 bridgehead atoms. The van der Waals surface area contributed by atoms with Crippen molar-refractivity contribution in [3.8, 4) is 0 Å². The first kappa shape index (κ1) is 19.0. The average Bonchev–Trinajstić information content (AvgIpc) is 2.64. The number of anilines is 1. The molecule has 138 valence electrons. The number of hydrogen-bond acceptors (Lipinski definition) is 5. The molecule has 0 aliphatic heterocycles. The molecule has 0 saturated heterocycles. The molecule has 5 N–H and O–H groups in total. The van der Waals surface area contributed by atoms with Gasteiger partial charge in [0.15, 0.2) is 0 Å². The number of hydrogen-bond donors (Lipinski definition) is 4. The number of rotatable bonds is 6. The van der Waals surface area contributed by atoms with Gasteiger partial charge < -0.3 is 21.1 Å². The lowest BCUT2D eigenvalue weighted by atomic mass is 9.80. The second kappa shape index (κ2) is 8.26. The first-order chi connectivity index (χ1) is 13.0. The third-order valence-electron chi connectivity index (χ3n) is 4.33. The third kappa shape index (κ3) is 4.49. The van der Waals surface area contributed by atoms with Crippen LogP contribution in [-0.4, -0.2) is 34.6 Å². The second-order valence-electron chi connectivity index (χ2n) is 6.25. The van der Waals surface area contributed by atoms with E-state index in [2.05, 4.69) is 10.3 Å². The van der Waals surface area contributed by atoms with Crippen LogP contribution in [0.3, 0.4) is 0 Å². The van der Waals surface area contributed by atoms with Crippen molar-refractivity contribution in [2.24, 2.45) is 5.73 Å². The summed E-state index contributed by atoms with van der Waals surface area (Å²) in [5.74, 6) is -1.59. The highest BCUT2D eigenvalue weighted by atomic mass is 19.1. The van der Waals surface area contributed by atoms with E-state index in [1.54, 1.807) is 18.5 Å². The molecule has 0 aliphatic carbocycles. The van der Waals surface area contributed by atoms with Gasteiger partial charge in [-0.3, -0.25) is 9.78 Å². The quantitative estimate of drug-likeness (QED) is 0.495. The maximum atomic E-state index is 13.8. The van der Waals surface area contributed by atoms with E-state index >= 15 is 0 Å². The Kier molecular flexibility index (Phi) is 5.80. The maximum absolute atomic E-state index is 13.8. The minimum absolute atomic E-state index is 0.0239. The standard InChI is InChI=1S/C19H19BFN3O3/c21-18-4-2-13(7-15(18)9-20(26)27)17(10-22)19(25)24-16-3-1-14-11-23-6-5-12(14)8-16/h1-8,11,17,26-27H,9-10,22H2,(H,24,25). The number of aromatic nitrogens is 1. The zero-order chi connectivity index (χ0) is 19.4. The van der Waals surface area contributed by atoms with Crippen molar-refractivity contribution in [3.05, 3.63) is 71.8 Å². The number of amides is 1. The molecule has 27 heavy (non-hydrogen) atoms. The number of fused-ring (bicyclic) bond motifs is 1. The lowest BCUT2D eigenvalue weighted by Crippen LogP contribution is -2.27. The minimum Gasteiger partial charge on any atom is -0.427 e. The summed E-state index contributed by atoms with van der Waals surface area (Å²) in [4.78, 5) is 16.8. The second-order valence-corrected chi connectivity index (χ2v) is 6.25. The van der Waals surface area contributed by atoms with E-state index in [9.17, 15) is 9.18 Å². The third-order valence-corrected chi connectivity index (χ3v) is 4.33. The van der Waals surface area contributed by atoms with Gasteiger partial charge in [-0.15, -0.1) is 0 Å². The van der Waals surface area contributed by atoms with Crippen LogP contribution in [0.4, 0.5) is 10.1 Å². The fourth-order valence-corrected chi connectivity index (χ4v) is 2.95. The molecule has 0 aliphatic rings. The number of nitrogens with zero attached hydrogens (tertiary/aromatic N) is 1. The van der Waals surface area contributed by atoms with Crippen LogP contribution in [0.15, 0.2) is 54.9 Å². The van der Waals surface area contributed by atoms with Crippen LogP contribution in [0.2, 0.25) is 0 Å². The van der Waals surface area contributed by atoms with Gasteiger partial charge in [-0.1, -0.05) is 18.2 Å². The number of carbonyl (C=O) groups is 1. The molecule has 8 heteroatoms. The van der Waals surface area contributed by atoms with Crippen molar-refractivity contribution in [1.29, 1.82) is 0 Å². The molecule has 1 amide bonds. The first-order valence-electron chi connectivity index (χ1n) is 8.47. The van der Waals surface area contributed by atoms with Crippen LogP contribution >= 0.6 is 0 Å². The van der Waals surface area contributed by atoms with E-state index < -0.39 is 18.9 Å². The first-order valence-corrected chi connectivity index (χ1v) is 8.47. The summed E-state index contributed by atoms with van der Waals surface area (Å²) in [6.07, 6.45) is 3.14.